The van der Waals surface area contributed by atoms with E-state index in [-0.39, 0.29) is 11.8 Å². The van der Waals surface area contributed by atoms with Gasteiger partial charge in [0, 0.05) is 50.5 Å². The Balaban J connectivity index is 1.42. The first kappa shape index (κ1) is 20.4. The average Bonchev–Trinajstić information content (AvgIpc) is 3.21. The number of aryl methyl sites for hydroxylation is 1. The predicted octanol–water partition coefficient (Wildman–Crippen LogP) is 2.96. The maximum absolute atomic E-state index is 12.2. The van der Waals surface area contributed by atoms with E-state index in [4.69, 9.17) is 0 Å². The Kier molecular flexibility index (Phi) is 7.06. The van der Waals surface area contributed by atoms with Crippen molar-refractivity contribution in [2.45, 2.75) is 19.8 Å². The summed E-state index contributed by atoms with van der Waals surface area (Å²) in [5.74, 6) is -0.109. The minimum Gasteiger partial charge on any atom is -0.369 e. The molecule has 1 aliphatic heterocycles. The summed E-state index contributed by atoms with van der Waals surface area (Å²) in [6.45, 7) is 6.78. The molecule has 1 fully saturated rings. The third-order valence-corrected chi connectivity index (χ3v) is 5.80. The van der Waals surface area contributed by atoms with Gasteiger partial charge in [-0.2, -0.15) is 0 Å². The third kappa shape index (κ3) is 5.56. The van der Waals surface area contributed by atoms with Crippen LogP contribution in [0.25, 0.3) is 0 Å². The number of thiophene rings is 1. The SMILES string of the molecule is Cc1cc(NC(=O)CCCNC(=O)c2cccs2)ccc1N1CCN(C)CC1. The standard InChI is InChI=1S/C21H28N4O2S/c1-16-15-17(7-8-18(16)25-12-10-24(2)11-13-25)23-20(26)6-3-9-22-21(27)19-5-4-14-28-19/h4-5,7-8,14-15H,3,6,9-13H2,1-2H3,(H,22,27)(H,23,26). The second kappa shape index (κ2) is 9.71. The van der Waals surface area contributed by atoms with Crippen molar-refractivity contribution in [2.75, 3.05) is 50.0 Å². The Bertz CT molecular complexity index is 799. The van der Waals surface area contributed by atoms with E-state index in [0.717, 1.165) is 31.9 Å². The number of hydrogen-bond acceptors (Lipinski definition) is 5. The molecule has 2 amide bonds. The minimum atomic E-state index is -0.0782. The molecule has 2 heterocycles. The van der Waals surface area contributed by atoms with Crippen molar-refractivity contribution in [1.82, 2.24) is 10.2 Å². The van der Waals surface area contributed by atoms with Crippen LogP contribution < -0.4 is 15.5 Å². The van der Waals surface area contributed by atoms with Crippen LogP contribution in [0.2, 0.25) is 0 Å². The van der Waals surface area contributed by atoms with Gasteiger partial charge in [0.05, 0.1) is 4.88 Å². The van der Waals surface area contributed by atoms with Crippen LogP contribution in [0, 0.1) is 6.92 Å². The summed E-state index contributed by atoms with van der Waals surface area (Å²) in [6.07, 6.45) is 0.991. The lowest BCUT2D eigenvalue weighted by atomic mass is 10.1. The van der Waals surface area contributed by atoms with Gasteiger partial charge in [0.2, 0.25) is 5.91 Å². The van der Waals surface area contributed by atoms with Gasteiger partial charge in [-0.15, -0.1) is 11.3 Å². The molecule has 0 unspecified atom stereocenters. The Morgan fingerprint density at radius 2 is 1.93 bits per heavy atom. The van der Waals surface area contributed by atoms with Crippen molar-refractivity contribution >= 4 is 34.5 Å². The van der Waals surface area contributed by atoms with Crippen molar-refractivity contribution in [3.05, 3.63) is 46.2 Å². The Hall–Kier alpha value is -2.38. The van der Waals surface area contributed by atoms with E-state index in [9.17, 15) is 9.59 Å². The van der Waals surface area contributed by atoms with Gasteiger partial charge in [-0.25, -0.2) is 0 Å². The molecule has 6 nitrogen and oxygen atoms in total. The Labute approximate surface area is 170 Å². The molecular formula is C21H28N4O2S. The largest absolute Gasteiger partial charge is 0.369 e. The third-order valence-electron chi connectivity index (χ3n) is 4.94. The van der Waals surface area contributed by atoms with E-state index in [0.29, 0.717) is 24.3 Å². The lowest BCUT2D eigenvalue weighted by Crippen LogP contribution is -2.44. The van der Waals surface area contributed by atoms with Crippen LogP contribution in [-0.2, 0) is 4.79 Å². The van der Waals surface area contributed by atoms with Crippen molar-refractivity contribution in [3.8, 4) is 0 Å². The smallest absolute Gasteiger partial charge is 0.261 e. The fourth-order valence-electron chi connectivity index (χ4n) is 3.30. The second-order valence-corrected chi connectivity index (χ2v) is 8.12. The van der Waals surface area contributed by atoms with Gasteiger partial charge in [-0.05, 0) is 55.6 Å². The fraction of sp³-hybridized carbons (Fsp3) is 0.429. The molecule has 0 saturated carbocycles. The van der Waals surface area contributed by atoms with Crippen molar-refractivity contribution in [1.29, 1.82) is 0 Å². The molecule has 1 saturated heterocycles. The molecule has 0 atom stereocenters. The molecule has 150 valence electrons. The van der Waals surface area contributed by atoms with E-state index < -0.39 is 0 Å². The average molecular weight is 401 g/mol. The highest BCUT2D eigenvalue weighted by Crippen LogP contribution is 2.24. The predicted molar refractivity (Wildman–Crippen MR) is 115 cm³/mol. The lowest BCUT2D eigenvalue weighted by Gasteiger charge is -2.35. The summed E-state index contributed by atoms with van der Waals surface area (Å²) in [7, 11) is 2.15. The molecule has 2 N–H and O–H groups in total. The fourth-order valence-corrected chi connectivity index (χ4v) is 3.94. The summed E-state index contributed by atoms with van der Waals surface area (Å²) < 4.78 is 0. The Morgan fingerprint density at radius 3 is 2.61 bits per heavy atom. The molecule has 1 aliphatic rings. The molecule has 1 aromatic heterocycles. The first-order valence-corrected chi connectivity index (χ1v) is 10.6. The van der Waals surface area contributed by atoms with Crippen molar-refractivity contribution in [3.63, 3.8) is 0 Å². The molecule has 3 rings (SSSR count). The zero-order chi connectivity index (χ0) is 19.9. The summed E-state index contributed by atoms with van der Waals surface area (Å²) >= 11 is 1.41. The van der Waals surface area contributed by atoms with Gasteiger partial charge in [0.15, 0.2) is 0 Å². The van der Waals surface area contributed by atoms with Crippen LogP contribution in [0.4, 0.5) is 11.4 Å². The molecule has 0 aliphatic carbocycles. The van der Waals surface area contributed by atoms with Gasteiger partial charge in [-0.1, -0.05) is 6.07 Å². The number of anilines is 2. The van der Waals surface area contributed by atoms with Gasteiger partial charge in [0.1, 0.15) is 0 Å². The van der Waals surface area contributed by atoms with E-state index in [1.54, 1.807) is 6.07 Å². The number of carbonyl (C=O) groups excluding carboxylic acids is 2. The Morgan fingerprint density at radius 1 is 1.14 bits per heavy atom. The van der Waals surface area contributed by atoms with Gasteiger partial charge in [-0.3, -0.25) is 9.59 Å². The highest BCUT2D eigenvalue weighted by atomic mass is 32.1. The lowest BCUT2D eigenvalue weighted by molar-refractivity contribution is -0.116. The first-order chi connectivity index (χ1) is 13.5. The summed E-state index contributed by atoms with van der Waals surface area (Å²) in [5, 5.41) is 7.68. The van der Waals surface area contributed by atoms with Crippen LogP contribution in [0.1, 0.15) is 28.1 Å². The van der Waals surface area contributed by atoms with Gasteiger partial charge < -0.3 is 20.4 Å². The van der Waals surface area contributed by atoms with E-state index in [2.05, 4.69) is 40.5 Å². The monoisotopic (exact) mass is 400 g/mol. The second-order valence-electron chi connectivity index (χ2n) is 7.18. The van der Waals surface area contributed by atoms with Crippen molar-refractivity contribution in [2.24, 2.45) is 0 Å². The molecule has 7 heteroatoms. The van der Waals surface area contributed by atoms with Crippen LogP contribution in [-0.4, -0.2) is 56.5 Å². The molecule has 0 radical (unpaired) electrons. The summed E-state index contributed by atoms with van der Waals surface area (Å²) in [6, 6.07) is 9.74. The number of piperazine rings is 1. The molecule has 28 heavy (non-hydrogen) atoms. The number of nitrogens with zero attached hydrogens (tertiary/aromatic N) is 2. The van der Waals surface area contributed by atoms with E-state index in [1.807, 2.05) is 23.6 Å². The quantitative estimate of drug-likeness (QED) is 0.702. The maximum Gasteiger partial charge on any atom is 0.261 e. The summed E-state index contributed by atoms with van der Waals surface area (Å²) in [4.78, 5) is 29.5. The minimum absolute atomic E-state index is 0.0304. The number of benzene rings is 1. The number of likely N-dealkylation sites (N-methyl/N-ethyl adjacent to an activating group) is 1. The number of amides is 2. The highest BCUT2D eigenvalue weighted by Gasteiger charge is 2.16. The van der Waals surface area contributed by atoms with Crippen LogP contribution in [0.5, 0.6) is 0 Å². The van der Waals surface area contributed by atoms with E-state index >= 15 is 0 Å². The van der Waals surface area contributed by atoms with Gasteiger partial charge >= 0.3 is 0 Å². The number of carbonyl (C=O) groups is 2. The van der Waals surface area contributed by atoms with Gasteiger partial charge in [0.25, 0.3) is 5.91 Å². The molecule has 0 bridgehead atoms. The normalized spacial score (nSPS) is 14.7. The zero-order valence-electron chi connectivity index (χ0n) is 16.5. The number of rotatable bonds is 7. The topological polar surface area (TPSA) is 64.7 Å². The van der Waals surface area contributed by atoms with Crippen LogP contribution >= 0.6 is 11.3 Å². The van der Waals surface area contributed by atoms with Crippen LogP contribution in [0.15, 0.2) is 35.7 Å². The molecule has 0 spiro atoms. The number of nitrogens with one attached hydrogen (secondary N) is 2. The van der Waals surface area contributed by atoms with Crippen molar-refractivity contribution < 1.29 is 9.59 Å². The molecule has 1 aromatic carbocycles. The maximum atomic E-state index is 12.2. The number of hydrogen-bond donors (Lipinski definition) is 2. The summed E-state index contributed by atoms with van der Waals surface area (Å²) in [5.41, 5.74) is 3.23. The zero-order valence-corrected chi connectivity index (χ0v) is 17.3. The molecule has 2 aromatic rings. The molecular weight excluding hydrogens is 372 g/mol. The highest BCUT2D eigenvalue weighted by molar-refractivity contribution is 7.12. The van der Waals surface area contributed by atoms with E-state index in [1.165, 1.54) is 22.6 Å². The van der Waals surface area contributed by atoms with Crippen LogP contribution in [0.3, 0.4) is 0 Å². The first-order valence-electron chi connectivity index (χ1n) is 9.68.